The van der Waals surface area contributed by atoms with Crippen molar-refractivity contribution in [2.75, 3.05) is 14.1 Å². The summed E-state index contributed by atoms with van der Waals surface area (Å²) in [7, 11) is 3.09. The number of nitrogens with zero attached hydrogens (tertiary/aromatic N) is 1. The molecule has 2 aromatic carbocycles. The van der Waals surface area contributed by atoms with E-state index in [1.807, 2.05) is 0 Å². The van der Waals surface area contributed by atoms with Gasteiger partial charge in [0.25, 0.3) is 0 Å². The van der Waals surface area contributed by atoms with Crippen LogP contribution in [0, 0.1) is 0 Å². The number of hydrogen-bond donors (Lipinski definition) is 0. The molecule has 130 valence electrons. The van der Waals surface area contributed by atoms with Crippen LogP contribution in [0.15, 0.2) is 42.5 Å². The molecule has 0 heterocycles. The lowest BCUT2D eigenvalue weighted by atomic mass is 10.1. The molecule has 0 aliphatic heterocycles. The van der Waals surface area contributed by atoms with E-state index in [0.29, 0.717) is 21.2 Å². The Bertz CT molecular complexity index is 847. The van der Waals surface area contributed by atoms with E-state index in [1.165, 1.54) is 23.1 Å². The van der Waals surface area contributed by atoms with Gasteiger partial charge in [-0.1, -0.05) is 46.9 Å². The number of rotatable bonds is 4. The SMILES string of the molecule is CN(C)C(=O)Oc1c(Cl)cc(Cl)cc1C=CC(=O)c1ccccc1Cl. The molecule has 0 fully saturated rings. The van der Waals surface area contributed by atoms with Crippen molar-refractivity contribution >= 4 is 52.8 Å². The molecule has 2 aromatic rings. The van der Waals surface area contributed by atoms with E-state index in [4.69, 9.17) is 39.5 Å². The van der Waals surface area contributed by atoms with E-state index in [0.717, 1.165) is 0 Å². The average Bonchev–Trinajstić information content (AvgIpc) is 2.55. The molecule has 0 radical (unpaired) electrons. The van der Waals surface area contributed by atoms with Gasteiger partial charge in [-0.3, -0.25) is 4.79 Å². The zero-order valence-electron chi connectivity index (χ0n) is 13.4. The Morgan fingerprint density at radius 1 is 1.04 bits per heavy atom. The highest BCUT2D eigenvalue weighted by atomic mass is 35.5. The highest BCUT2D eigenvalue weighted by Gasteiger charge is 2.15. The molecule has 0 saturated heterocycles. The standard InChI is InChI=1S/C18H14Cl3NO3/c1-22(2)18(24)25-17-11(9-12(19)10-15(17)21)7-8-16(23)13-5-3-4-6-14(13)20/h3-10H,1-2H3. The van der Waals surface area contributed by atoms with Gasteiger partial charge in [0, 0.05) is 30.2 Å². The van der Waals surface area contributed by atoms with Crippen molar-refractivity contribution in [1.29, 1.82) is 0 Å². The molecule has 0 aliphatic rings. The van der Waals surface area contributed by atoms with Crippen molar-refractivity contribution in [3.8, 4) is 5.75 Å². The maximum atomic E-state index is 12.3. The normalized spacial score (nSPS) is 10.8. The summed E-state index contributed by atoms with van der Waals surface area (Å²) in [5.74, 6) is -0.181. The molecule has 0 saturated carbocycles. The van der Waals surface area contributed by atoms with Crippen LogP contribution in [0.25, 0.3) is 6.08 Å². The van der Waals surface area contributed by atoms with Crippen molar-refractivity contribution in [2.24, 2.45) is 0 Å². The highest BCUT2D eigenvalue weighted by Crippen LogP contribution is 2.34. The number of benzene rings is 2. The van der Waals surface area contributed by atoms with Gasteiger partial charge >= 0.3 is 6.09 Å². The second kappa shape index (κ2) is 8.39. The summed E-state index contributed by atoms with van der Waals surface area (Å²) < 4.78 is 5.26. The number of carbonyl (C=O) groups is 2. The molecule has 4 nitrogen and oxygen atoms in total. The fraction of sp³-hybridized carbons (Fsp3) is 0.111. The third kappa shape index (κ3) is 4.98. The van der Waals surface area contributed by atoms with Gasteiger partial charge in [-0.2, -0.15) is 0 Å². The van der Waals surface area contributed by atoms with E-state index in [-0.39, 0.29) is 16.6 Å². The largest absolute Gasteiger partial charge is 0.414 e. The van der Waals surface area contributed by atoms with Crippen LogP contribution in [0.1, 0.15) is 15.9 Å². The molecular formula is C18H14Cl3NO3. The topological polar surface area (TPSA) is 46.6 Å². The number of ether oxygens (including phenoxy) is 1. The molecule has 1 amide bonds. The summed E-state index contributed by atoms with van der Waals surface area (Å²) in [5.41, 5.74) is 0.758. The first-order valence-corrected chi connectivity index (χ1v) is 8.28. The Morgan fingerprint density at radius 2 is 1.72 bits per heavy atom. The Labute approximate surface area is 160 Å². The van der Waals surface area contributed by atoms with Crippen LogP contribution in [-0.4, -0.2) is 30.9 Å². The fourth-order valence-corrected chi connectivity index (χ4v) is 2.68. The number of allylic oxidation sites excluding steroid dienone is 1. The maximum absolute atomic E-state index is 12.3. The van der Waals surface area contributed by atoms with Crippen molar-refractivity contribution in [2.45, 2.75) is 0 Å². The van der Waals surface area contributed by atoms with Crippen molar-refractivity contribution in [3.05, 3.63) is 68.7 Å². The predicted octanol–water partition coefficient (Wildman–Crippen LogP) is 5.60. The summed E-state index contributed by atoms with van der Waals surface area (Å²) in [4.78, 5) is 25.4. The van der Waals surface area contributed by atoms with E-state index in [1.54, 1.807) is 44.4 Å². The second-order valence-corrected chi connectivity index (χ2v) is 6.50. The number of hydrogen-bond acceptors (Lipinski definition) is 3. The highest BCUT2D eigenvalue weighted by molar-refractivity contribution is 6.36. The zero-order chi connectivity index (χ0) is 18.6. The minimum atomic E-state index is -0.601. The van der Waals surface area contributed by atoms with Crippen molar-refractivity contribution in [1.82, 2.24) is 4.90 Å². The first-order valence-electron chi connectivity index (χ1n) is 7.14. The summed E-state index contributed by atoms with van der Waals surface area (Å²) >= 11 is 18.1. The van der Waals surface area contributed by atoms with E-state index >= 15 is 0 Å². The van der Waals surface area contributed by atoms with Gasteiger partial charge in [0.05, 0.1) is 10.0 Å². The monoisotopic (exact) mass is 397 g/mol. The predicted molar refractivity (Wildman–Crippen MR) is 101 cm³/mol. The van der Waals surface area contributed by atoms with E-state index in [9.17, 15) is 9.59 Å². The van der Waals surface area contributed by atoms with Crippen LogP contribution in [0.2, 0.25) is 15.1 Å². The number of halogens is 3. The molecule has 0 N–H and O–H groups in total. The molecule has 0 bridgehead atoms. The number of amides is 1. The van der Waals surface area contributed by atoms with Crippen LogP contribution in [0.3, 0.4) is 0 Å². The van der Waals surface area contributed by atoms with Crippen LogP contribution >= 0.6 is 34.8 Å². The third-order valence-corrected chi connectivity index (χ3v) is 3.97. The number of carbonyl (C=O) groups excluding carboxylic acids is 2. The molecule has 0 spiro atoms. The summed E-state index contributed by atoms with van der Waals surface area (Å²) in [5, 5.41) is 0.854. The first kappa shape index (κ1) is 19.3. The summed E-state index contributed by atoms with van der Waals surface area (Å²) in [6.45, 7) is 0. The fourth-order valence-electron chi connectivity index (χ4n) is 1.91. The minimum Gasteiger partial charge on any atom is -0.408 e. The lowest BCUT2D eigenvalue weighted by Crippen LogP contribution is -2.25. The van der Waals surface area contributed by atoms with Gasteiger partial charge < -0.3 is 9.64 Å². The van der Waals surface area contributed by atoms with Crippen LogP contribution in [0.5, 0.6) is 5.75 Å². The molecule has 25 heavy (non-hydrogen) atoms. The minimum absolute atomic E-state index is 0.118. The zero-order valence-corrected chi connectivity index (χ0v) is 15.7. The number of ketones is 1. The lowest BCUT2D eigenvalue weighted by Gasteiger charge is -2.14. The molecular weight excluding hydrogens is 385 g/mol. The van der Waals surface area contributed by atoms with E-state index < -0.39 is 6.09 Å². The molecule has 7 heteroatoms. The molecule has 0 unspecified atom stereocenters. The second-order valence-electron chi connectivity index (χ2n) is 5.25. The Hall–Kier alpha value is -2.01. The van der Waals surface area contributed by atoms with Gasteiger partial charge in [0.2, 0.25) is 0 Å². The Morgan fingerprint density at radius 3 is 2.36 bits per heavy atom. The maximum Gasteiger partial charge on any atom is 0.414 e. The smallest absolute Gasteiger partial charge is 0.408 e. The first-order chi connectivity index (χ1) is 11.8. The molecule has 0 atom stereocenters. The van der Waals surface area contributed by atoms with Crippen LogP contribution < -0.4 is 4.74 Å². The van der Waals surface area contributed by atoms with E-state index in [2.05, 4.69) is 0 Å². The van der Waals surface area contributed by atoms with Gasteiger partial charge in [0.1, 0.15) is 0 Å². The van der Waals surface area contributed by atoms with Crippen LogP contribution in [0.4, 0.5) is 4.79 Å². The Kier molecular flexibility index (Phi) is 6.48. The molecule has 0 aliphatic carbocycles. The van der Waals surface area contributed by atoms with Crippen molar-refractivity contribution in [3.63, 3.8) is 0 Å². The third-order valence-electron chi connectivity index (χ3n) is 3.15. The molecule has 0 aromatic heterocycles. The van der Waals surface area contributed by atoms with Gasteiger partial charge in [-0.15, -0.1) is 0 Å². The van der Waals surface area contributed by atoms with Gasteiger partial charge in [-0.05, 0) is 36.4 Å². The van der Waals surface area contributed by atoms with Gasteiger partial charge in [-0.25, -0.2) is 4.79 Å². The van der Waals surface area contributed by atoms with Gasteiger partial charge in [0.15, 0.2) is 11.5 Å². The average molecular weight is 399 g/mol. The molecule has 2 rings (SSSR count). The summed E-state index contributed by atoms with van der Waals surface area (Å²) in [6.07, 6.45) is 2.19. The van der Waals surface area contributed by atoms with Crippen molar-refractivity contribution < 1.29 is 14.3 Å². The lowest BCUT2D eigenvalue weighted by molar-refractivity contribution is 0.104. The quantitative estimate of drug-likeness (QED) is 0.497. The summed E-state index contributed by atoms with van der Waals surface area (Å²) in [6, 6.07) is 9.69. The Balaban J connectivity index is 2.36. The van der Waals surface area contributed by atoms with Crippen LogP contribution in [-0.2, 0) is 0 Å².